The van der Waals surface area contributed by atoms with Crippen LogP contribution in [0.4, 0.5) is 0 Å². The van der Waals surface area contributed by atoms with Crippen LogP contribution in [0.25, 0.3) is 0 Å². The first-order valence-corrected chi connectivity index (χ1v) is 11.2. The van der Waals surface area contributed by atoms with Crippen molar-refractivity contribution in [2.24, 2.45) is 5.10 Å². The first-order valence-electron chi connectivity index (χ1n) is 10.2. The fraction of sp³-hybridized carbons (Fsp3) is 0.250. The molecule has 3 heterocycles. The van der Waals surface area contributed by atoms with Gasteiger partial charge in [0.15, 0.2) is 11.5 Å². The molecule has 0 N–H and O–H groups in total. The van der Waals surface area contributed by atoms with E-state index in [1.54, 1.807) is 11.3 Å². The van der Waals surface area contributed by atoms with Crippen molar-refractivity contribution < 1.29 is 18.7 Å². The molecule has 1 atom stereocenters. The van der Waals surface area contributed by atoms with E-state index in [-0.39, 0.29) is 17.7 Å². The summed E-state index contributed by atoms with van der Waals surface area (Å²) < 4.78 is 16.8. The van der Waals surface area contributed by atoms with Gasteiger partial charge in [-0.2, -0.15) is 5.10 Å². The third-order valence-electron chi connectivity index (χ3n) is 5.30. The molecule has 0 fully saturated rings. The van der Waals surface area contributed by atoms with E-state index < -0.39 is 0 Å². The highest BCUT2D eigenvalue weighted by molar-refractivity contribution is 8.00. The Morgan fingerprint density at radius 1 is 1.10 bits per heavy atom. The SMILES string of the molecule is Cc1ccc(C2=NN(C(=O)CSc3ccc4c(c3)OCCO4)[C@@H](c3ccco3)C2)cc1. The standard InChI is InChI=1S/C24H22N2O4S/c1-16-4-6-17(7-5-16)19-14-20(21-3-2-10-28-21)26(25-19)24(27)15-31-18-8-9-22-23(13-18)30-12-11-29-22/h2-10,13,20H,11-12,14-15H2,1H3/t20-/m1/s1. The number of carbonyl (C=O) groups excluding carboxylic acids is 1. The van der Waals surface area contributed by atoms with E-state index in [0.717, 1.165) is 33.4 Å². The van der Waals surface area contributed by atoms with Crippen LogP contribution in [0.2, 0.25) is 0 Å². The summed E-state index contributed by atoms with van der Waals surface area (Å²) in [5.74, 6) is 2.40. The van der Waals surface area contributed by atoms with Gasteiger partial charge in [-0.05, 0) is 42.8 Å². The fourth-order valence-corrected chi connectivity index (χ4v) is 4.47. The largest absolute Gasteiger partial charge is 0.486 e. The van der Waals surface area contributed by atoms with E-state index in [1.165, 1.54) is 17.3 Å². The second-order valence-electron chi connectivity index (χ2n) is 7.48. The molecule has 158 valence electrons. The average molecular weight is 435 g/mol. The number of hydrazone groups is 1. The zero-order valence-electron chi connectivity index (χ0n) is 17.1. The summed E-state index contributed by atoms with van der Waals surface area (Å²) in [5.41, 5.74) is 3.10. The number of fused-ring (bicyclic) bond motifs is 1. The molecular weight excluding hydrogens is 412 g/mol. The zero-order chi connectivity index (χ0) is 21.2. The van der Waals surface area contributed by atoms with Gasteiger partial charge < -0.3 is 13.9 Å². The Kier molecular flexibility index (Phi) is 5.42. The predicted molar refractivity (Wildman–Crippen MR) is 119 cm³/mol. The number of carbonyl (C=O) groups is 1. The molecule has 7 heteroatoms. The Hall–Kier alpha value is -3.19. The maximum atomic E-state index is 13.1. The lowest BCUT2D eigenvalue weighted by atomic mass is 10.0. The number of ether oxygens (including phenoxy) is 2. The van der Waals surface area contributed by atoms with E-state index in [1.807, 2.05) is 42.5 Å². The van der Waals surface area contributed by atoms with Crippen molar-refractivity contribution in [2.75, 3.05) is 19.0 Å². The fourth-order valence-electron chi connectivity index (χ4n) is 3.69. The van der Waals surface area contributed by atoms with Crippen LogP contribution in [-0.2, 0) is 4.79 Å². The maximum absolute atomic E-state index is 13.1. The number of hydrogen-bond acceptors (Lipinski definition) is 6. The molecule has 3 aromatic rings. The van der Waals surface area contributed by atoms with Crippen LogP contribution in [0.15, 0.2) is 75.3 Å². The normalized spacial score (nSPS) is 17.5. The van der Waals surface area contributed by atoms with Crippen molar-refractivity contribution in [1.82, 2.24) is 5.01 Å². The summed E-state index contributed by atoms with van der Waals surface area (Å²) >= 11 is 1.46. The monoisotopic (exact) mass is 434 g/mol. The third kappa shape index (κ3) is 4.18. The summed E-state index contributed by atoms with van der Waals surface area (Å²) in [4.78, 5) is 14.1. The van der Waals surface area contributed by atoms with Crippen molar-refractivity contribution in [3.05, 3.63) is 77.7 Å². The second kappa shape index (κ2) is 8.51. The lowest BCUT2D eigenvalue weighted by Crippen LogP contribution is -2.28. The Labute approximate surface area is 184 Å². The van der Waals surface area contributed by atoms with Gasteiger partial charge in [-0.3, -0.25) is 4.79 Å². The second-order valence-corrected chi connectivity index (χ2v) is 8.53. The molecule has 2 aliphatic rings. The number of aryl methyl sites for hydroxylation is 1. The number of thioether (sulfide) groups is 1. The summed E-state index contributed by atoms with van der Waals surface area (Å²) in [6.45, 7) is 3.15. The van der Waals surface area contributed by atoms with Gasteiger partial charge in [-0.25, -0.2) is 5.01 Å². The van der Waals surface area contributed by atoms with Crippen LogP contribution in [0.3, 0.4) is 0 Å². The Morgan fingerprint density at radius 3 is 2.68 bits per heavy atom. The molecule has 2 aliphatic heterocycles. The van der Waals surface area contributed by atoms with Gasteiger partial charge in [-0.1, -0.05) is 29.8 Å². The van der Waals surface area contributed by atoms with Gasteiger partial charge >= 0.3 is 0 Å². The molecule has 0 saturated carbocycles. The van der Waals surface area contributed by atoms with Crippen molar-refractivity contribution in [1.29, 1.82) is 0 Å². The van der Waals surface area contributed by atoms with Crippen LogP contribution in [-0.4, -0.2) is 35.6 Å². The Bertz CT molecular complexity index is 1110. The van der Waals surface area contributed by atoms with Gasteiger partial charge in [0.2, 0.25) is 0 Å². The van der Waals surface area contributed by atoms with E-state index in [9.17, 15) is 4.79 Å². The highest BCUT2D eigenvalue weighted by Crippen LogP contribution is 2.36. The quantitative estimate of drug-likeness (QED) is 0.538. The van der Waals surface area contributed by atoms with Gasteiger partial charge in [0.25, 0.3) is 5.91 Å². The highest BCUT2D eigenvalue weighted by atomic mass is 32.2. The van der Waals surface area contributed by atoms with Crippen molar-refractivity contribution in [2.45, 2.75) is 24.3 Å². The number of furan rings is 1. The molecular formula is C24H22N2O4S. The molecule has 0 bridgehead atoms. The molecule has 0 radical (unpaired) electrons. The molecule has 31 heavy (non-hydrogen) atoms. The summed E-state index contributed by atoms with van der Waals surface area (Å²) in [7, 11) is 0. The van der Waals surface area contributed by atoms with Gasteiger partial charge in [0.1, 0.15) is 25.0 Å². The minimum Gasteiger partial charge on any atom is -0.486 e. The number of amides is 1. The topological polar surface area (TPSA) is 64.3 Å². The summed E-state index contributed by atoms with van der Waals surface area (Å²) in [6, 6.07) is 17.5. The molecule has 0 saturated heterocycles. The third-order valence-corrected chi connectivity index (χ3v) is 6.28. The molecule has 6 nitrogen and oxygen atoms in total. The zero-order valence-corrected chi connectivity index (χ0v) is 17.9. The molecule has 5 rings (SSSR count). The molecule has 1 amide bonds. The minimum absolute atomic E-state index is 0.0663. The molecule has 1 aromatic heterocycles. The van der Waals surface area contributed by atoms with Crippen LogP contribution in [0.1, 0.15) is 29.3 Å². The number of benzene rings is 2. The van der Waals surface area contributed by atoms with Gasteiger partial charge in [0, 0.05) is 11.3 Å². The average Bonchev–Trinajstić information content (AvgIpc) is 3.48. The van der Waals surface area contributed by atoms with Gasteiger partial charge in [-0.15, -0.1) is 11.8 Å². The number of nitrogens with zero attached hydrogens (tertiary/aromatic N) is 2. The van der Waals surface area contributed by atoms with Crippen LogP contribution in [0, 0.1) is 6.92 Å². The van der Waals surface area contributed by atoms with E-state index >= 15 is 0 Å². The van der Waals surface area contributed by atoms with E-state index in [2.05, 4.69) is 19.1 Å². The van der Waals surface area contributed by atoms with E-state index in [0.29, 0.717) is 19.6 Å². The van der Waals surface area contributed by atoms with Crippen LogP contribution < -0.4 is 9.47 Å². The predicted octanol–water partition coefficient (Wildman–Crippen LogP) is 4.83. The van der Waals surface area contributed by atoms with Crippen molar-refractivity contribution in [3.8, 4) is 11.5 Å². The van der Waals surface area contributed by atoms with E-state index in [4.69, 9.17) is 19.0 Å². The Balaban J connectivity index is 1.34. The first kappa shape index (κ1) is 19.8. The first-order chi connectivity index (χ1) is 15.2. The maximum Gasteiger partial charge on any atom is 0.253 e. The van der Waals surface area contributed by atoms with Gasteiger partial charge in [0.05, 0.1) is 17.7 Å². The highest BCUT2D eigenvalue weighted by Gasteiger charge is 2.34. The molecule has 0 aliphatic carbocycles. The molecule has 2 aromatic carbocycles. The number of rotatable bonds is 5. The molecule has 0 unspecified atom stereocenters. The lowest BCUT2D eigenvalue weighted by molar-refractivity contribution is -0.130. The van der Waals surface area contributed by atoms with Crippen LogP contribution >= 0.6 is 11.8 Å². The number of hydrogen-bond donors (Lipinski definition) is 0. The smallest absolute Gasteiger partial charge is 0.253 e. The summed E-state index contributed by atoms with van der Waals surface area (Å²) in [5, 5.41) is 6.26. The molecule has 0 spiro atoms. The van der Waals surface area contributed by atoms with Crippen LogP contribution in [0.5, 0.6) is 11.5 Å². The Morgan fingerprint density at radius 2 is 1.90 bits per heavy atom. The van der Waals surface area contributed by atoms with Crippen molar-refractivity contribution >= 4 is 23.4 Å². The van der Waals surface area contributed by atoms with Crippen molar-refractivity contribution in [3.63, 3.8) is 0 Å². The summed E-state index contributed by atoms with van der Waals surface area (Å²) in [6.07, 6.45) is 2.25. The minimum atomic E-state index is -0.236. The lowest BCUT2D eigenvalue weighted by Gasteiger charge is -2.20.